The molecule has 1 aliphatic rings. The number of likely N-dealkylation sites (tertiary alicyclic amines) is 1. The van der Waals surface area contributed by atoms with Gasteiger partial charge in [-0.15, -0.1) is 0 Å². The Labute approximate surface area is 168 Å². The maximum atomic E-state index is 12.6. The number of nitrogens with one attached hydrogen (secondary N) is 1. The van der Waals surface area contributed by atoms with Crippen LogP contribution in [-0.2, 0) is 10.2 Å². The third kappa shape index (κ3) is 5.16. The molecule has 1 N–H and O–H groups in total. The highest BCUT2D eigenvalue weighted by molar-refractivity contribution is 5.80. The van der Waals surface area contributed by atoms with Crippen LogP contribution < -0.4 is 10.1 Å². The van der Waals surface area contributed by atoms with E-state index in [4.69, 9.17) is 9.15 Å². The molecule has 3 rings (SSSR count). The molecule has 1 fully saturated rings. The molecule has 0 radical (unpaired) electrons. The molecular weight excluding hydrogens is 352 g/mol. The Morgan fingerprint density at radius 3 is 2.43 bits per heavy atom. The van der Waals surface area contributed by atoms with Gasteiger partial charge in [0.15, 0.2) is 6.10 Å². The zero-order valence-corrected chi connectivity index (χ0v) is 17.4. The van der Waals surface area contributed by atoms with Gasteiger partial charge in [0.1, 0.15) is 11.5 Å². The average Bonchev–Trinajstić information content (AvgIpc) is 3.36. The van der Waals surface area contributed by atoms with E-state index in [2.05, 4.69) is 43.1 Å². The highest BCUT2D eigenvalue weighted by Gasteiger charge is 2.27. The first-order valence-electron chi connectivity index (χ1n) is 10.2. The molecule has 1 aromatic carbocycles. The van der Waals surface area contributed by atoms with Crippen molar-refractivity contribution in [3.8, 4) is 5.75 Å². The summed E-state index contributed by atoms with van der Waals surface area (Å²) in [6, 6.07) is 11.9. The lowest BCUT2D eigenvalue weighted by Crippen LogP contribution is -2.41. The SMILES string of the molecule is C[C@H](Oc1ccc(C(C)(C)C)cc1)C(=O)NC[C@H](c1ccco1)N1CCCC1. The maximum Gasteiger partial charge on any atom is 0.260 e. The van der Waals surface area contributed by atoms with Crippen LogP contribution in [0.3, 0.4) is 0 Å². The largest absolute Gasteiger partial charge is 0.481 e. The maximum absolute atomic E-state index is 12.6. The molecule has 0 spiro atoms. The molecule has 2 atom stereocenters. The topological polar surface area (TPSA) is 54.7 Å². The summed E-state index contributed by atoms with van der Waals surface area (Å²) in [6.45, 7) is 10.9. The fourth-order valence-electron chi connectivity index (χ4n) is 3.58. The van der Waals surface area contributed by atoms with E-state index >= 15 is 0 Å². The van der Waals surface area contributed by atoms with Crippen LogP contribution in [0.1, 0.15) is 57.9 Å². The molecule has 5 nitrogen and oxygen atoms in total. The highest BCUT2D eigenvalue weighted by atomic mass is 16.5. The standard InChI is InChI=1S/C23H32N2O3/c1-17(28-19-11-9-18(10-12-19)23(2,3)4)22(26)24-16-20(21-8-7-15-27-21)25-13-5-6-14-25/h7-12,15,17,20H,5-6,13-14,16H2,1-4H3,(H,24,26)/t17-,20+/m0/s1. The van der Waals surface area contributed by atoms with E-state index < -0.39 is 6.10 Å². The van der Waals surface area contributed by atoms with E-state index in [-0.39, 0.29) is 17.4 Å². The number of carbonyl (C=O) groups excluding carboxylic acids is 1. The average molecular weight is 385 g/mol. The summed E-state index contributed by atoms with van der Waals surface area (Å²) in [5.41, 5.74) is 1.33. The third-order valence-electron chi connectivity index (χ3n) is 5.33. The van der Waals surface area contributed by atoms with Gasteiger partial charge in [-0.3, -0.25) is 9.69 Å². The second kappa shape index (κ2) is 8.82. The second-order valence-electron chi connectivity index (χ2n) is 8.55. The number of rotatable bonds is 7. The van der Waals surface area contributed by atoms with Gasteiger partial charge in [0, 0.05) is 6.54 Å². The number of nitrogens with zero attached hydrogens (tertiary/aromatic N) is 1. The van der Waals surface area contributed by atoms with Crippen LogP contribution in [0.4, 0.5) is 0 Å². The lowest BCUT2D eigenvalue weighted by molar-refractivity contribution is -0.127. The van der Waals surface area contributed by atoms with Crippen LogP contribution in [-0.4, -0.2) is 36.5 Å². The van der Waals surface area contributed by atoms with Gasteiger partial charge in [0.2, 0.25) is 0 Å². The van der Waals surface area contributed by atoms with Gasteiger partial charge in [-0.05, 0) is 68.1 Å². The number of hydrogen-bond acceptors (Lipinski definition) is 4. The Kier molecular flexibility index (Phi) is 6.45. The Balaban J connectivity index is 1.55. The third-order valence-corrected chi connectivity index (χ3v) is 5.33. The van der Waals surface area contributed by atoms with Gasteiger partial charge in [-0.1, -0.05) is 32.9 Å². The van der Waals surface area contributed by atoms with Crippen molar-refractivity contribution < 1.29 is 13.9 Å². The van der Waals surface area contributed by atoms with Gasteiger partial charge in [-0.25, -0.2) is 0 Å². The Hall–Kier alpha value is -2.27. The Bertz CT molecular complexity index is 741. The summed E-state index contributed by atoms with van der Waals surface area (Å²) in [4.78, 5) is 14.9. The van der Waals surface area contributed by atoms with Crippen molar-refractivity contribution in [3.63, 3.8) is 0 Å². The Morgan fingerprint density at radius 2 is 1.86 bits per heavy atom. The molecule has 2 aromatic rings. The molecule has 0 unspecified atom stereocenters. The van der Waals surface area contributed by atoms with Crippen LogP contribution in [0.2, 0.25) is 0 Å². The van der Waals surface area contributed by atoms with E-state index in [9.17, 15) is 4.79 Å². The quantitative estimate of drug-likeness (QED) is 0.773. The van der Waals surface area contributed by atoms with Crippen LogP contribution in [0.15, 0.2) is 47.1 Å². The highest BCUT2D eigenvalue weighted by Crippen LogP contribution is 2.26. The summed E-state index contributed by atoms with van der Waals surface area (Å²) < 4.78 is 11.5. The molecular formula is C23H32N2O3. The van der Waals surface area contributed by atoms with Crippen LogP contribution >= 0.6 is 0 Å². The minimum absolute atomic E-state index is 0.0692. The summed E-state index contributed by atoms with van der Waals surface area (Å²) in [5, 5.41) is 3.04. The molecule has 2 heterocycles. The first-order valence-corrected chi connectivity index (χ1v) is 10.2. The van der Waals surface area contributed by atoms with Gasteiger partial charge < -0.3 is 14.5 Å². The first-order chi connectivity index (χ1) is 13.3. The predicted molar refractivity (Wildman–Crippen MR) is 110 cm³/mol. The fourth-order valence-corrected chi connectivity index (χ4v) is 3.58. The number of amides is 1. The van der Waals surface area contributed by atoms with Gasteiger partial charge in [0.25, 0.3) is 5.91 Å². The summed E-state index contributed by atoms with van der Waals surface area (Å²) >= 11 is 0. The number of hydrogen-bond donors (Lipinski definition) is 1. The lowest BCUT2D eigenvalue weighted by Gasteiger charge is -2.26. The van der Waals surface area contributed by atoms with Crippen LogP contribution in [0.25, 0.3) is 0 Å². The predicted octanol–water partition coefficient (Wildman–Crippen LogP) is 4.30. The van der Waals surface area contributed by atoms with Crippen molar-refractivity contribution in [3.05, 3.63) is 54.0 Å². The fraction of sp³-hybridized carbons (Fsp3) is 0.522. The zero-order chi connectivity index (χ0) is 20.1. The van der Waals surface area contributed by atoms with E-state index in [1.165, 1.54) is 18.4 Å². The lowest BCUT2D eigenvalue weighted by atomic mass is 9.87. The smallest absolute Gasteiger partial charge is 0.260 e. The van der Waals surface area contributed by atoms with Crippen molar-refractivity contribution >= 4 is 5.91 Å². The molecule has 0 bridgehead atoms. The molecule has 152 valence electrons. The first kappa shape index (κ1) is 20.5. The van der Waals surface area contributed by atoms with Crippen molar-refractivity contribution in [2.24, 2.45) is 0 Å². The molecule has 1 saturated heterocycles. The van der Waals surface area contributed by atoms with E-state index in [0.717, 1.165) is 18.8 Å². The zero-order valence-electron chi connectivity index (χ0n) is 17.4. The minimum Gasteiger partial charge on any atom is -0.481 e. The number of ether oxygens (including phenoxy) is 1. The molecule has 1 amide bonds. The molecule has 28 heavy (non-hydrogen) atoms. The van der Waals surface area contributed by atoms with Gasteiger partial charge in [0.05, 0.1) is 12.3 Å². The van der Waals surface area contributed by atoms with Crippen molar-refractivity contribution in [2.75, 3.05) is 19.6 Å². The minimum atomic E-state index is -0.559. The van der Waals surface area contributed by atoms with E-state index in [0.29, 0.717) is 12.3 Å². The van der Waals surface area contributed by atoms with Crippen molar-refractivity contribution in [1.82, 2.24) is 10.2 Å². The number of benzene rings is 1. The number of carbonyl (C=O) groups is 1. The summed E-state index contributed by atoms with van der Waals surface area (Å²) in [7, 11) is 0. The van der Waals surface area contributed by atoms with Gasteiger partial charge >= 0.3 is 0 Å². The molecule has 5 heteroatoms. The number of furan rings is 1. The summed E-state index contributed by atoms with van der Waals surface area (Å²) in [6.07, 6.45) is 3.51. The van der Waals surface area contributed by atoms with Crippen LogP contribution in [0.5, 0.6) is 5.75 Å². The molecule has 1 aliphatic heterocycles. The van der Waals surface area contributed by atoms with Crippen molar-refractivity contribution in [1.29, 1.82) is 0 Å². The van der Waals surface area contributed by atoms with E-state index in [1.54, 1.807) is 13.2 Å². The molecule has 0 saturated carbocycles. The second-order valence-corrected chi connectivity index (χ2v) is 8.55. The van der Waals surface area contributed by atoms with Crippen LogP contribution in [0, 0.1) is 0 Å². The Morgan fingerprint density at radius 1 is 1.18 bits per heavy atom. The molecule has 1 aromatic heterocycles. The molecule has 0 aliphatic carbocycles. The van der Waals surface area contributed by atoms with Gasteiger partial charge in [-0.2, -0.15) is 0 Å². The normalized spacial score (nSPS) is 17.3. The van der Waals surface area contributed by atoms with E-state index in [1.807, 2.05) is 24.3 Å². The summed E-state index contributed by atoms with van der Waals surface area (Å²) in [5.74, 6) is 1.49. The van der Waals surface area contributed by atoms with Crippen molar-refractivity contribution in [2.45, 2.75) is 58.1 Å². The monoisotopic (exact) mass is 384 g/mol.